The number of fused-ring (bicyclic) bond motifs is 1. The van der Waals surface area contributed by atoms with Crippen LogP contribution < -0.4 is 5.56 Å². The monoisotopic (exact) mass is 378 g/mol. The van der Waals surface area contributed by atoms with Gasteiger partial charge in [0.05, 0.1) is 5.39 Å². The number of hydrogen-bond donors (Lipinski definition) is 0. The van der Waals surface area contributed by atoms with Crippen molar-refractivity contribution >= 4 is 16.7 Å². The van der Waals surface area contributed by atoms with E-state index < -0.39 is 5.97 Å². The zero-order chi connectivity index (χ0) is 20.3. The molecule has 0 radical (unpaired) electrons. The highest BCUT2D eigenvalue weighted by atomic mass is 16.5. The molecule has 0 amide bonds. The van der Waals surface area contributed by atoms with Gasteiger partial charge >= 0.3 is 5.97 Å². The molecule has 1 aromatic heterocycles. The summed E-state index contributed by atoms with van der Waals surface area (Å²) in [4.78, 5) is 25.3. The average molecular weight is 378 g/mol. The summed E-state index contributed by atoms with van der Waals surface area (Å²) in [6.45, 7) is 9.05. The molecule has 2 aromatic carbocycles. The van der Waals surface area contributed by atoms with E-state index in [0.717, 1.165) is 12.0 Å². The Morgan fingerprint density at radius 3 is 2.29 bits per heavy atom. The van der Waals surface area contributed by atoms with Gasteiger partial charge in [0.25, 0.3) is 5.56 Å². The van der Waals surface area contributed by atoms with E-state index >= 15 is 0 Å². The standard InChI is InChI=1S/C23H26N2O3/c1-5-14-25-21(26)19-9-7-6-8-18(19)20(24-25)22(27)28-15-16-10-12-17(13-11-16)23(2,3)4/h6-13H,5,14-15H2,1-4H3. The highest BCUT2D eigenvalue weighted by molar-refractivity contribution is 6.02. The third-order valence-corrected chi connectivity index (χ3v) is 4.69. The van der Waals surface area contributed by atoms with Crippen LogP contribution in [0.1, 0.15) is 55.7 Å². The molecule has 1 heterocycles. The molecule has 0 fully saturated rings. The van der Waals surface area contributed by atoms with Crippen LogP contribution in [-0.2, 0) is 23.3 Å². The van der Waals surface area contributed by atoms with Crippen LogP contribution in [0.2, 0.25) is 0 Å². The molecule has 0 aliphatic carbocycles. The number of carbonyl (C=O) groups excluding carboxylic acids is 1. The van der Waals surface area contributed by atoms with Gasteiger partial charge in [-0.2, -0.15) is 5.10 Å². The number of nitrogens with zero attached hydrogens (tertiary/aromatic N) is 2. The predicted octanol–water partition coefficient (Wildman–Crippen LogP) is 4.46. The third kappa shape index (κ3) is 4.14. The molecule has 3 rings (SSSR count). The van der Waals surface area contributed by atoms with Crippen molar-refractivity contribution in [1.29, 1.82) is 0 Å². The summed E-state index contributed by atoms with van der Waals surface area (Å²) in [6.07, 6.45) is 0.750. The van der Waals surface area contributed by atoms with Crippen molar-refractivity contribution in [3.63, 3.8) is 0 Å². The predicted molar refractivity (Wildman–Crippen MR) is 111 cm³/mol. The Bertz CT molecular complexity index is 1040. The zero-order valence-corrected chi connectivity index (χ0v) is 16.9. The van der Waals surface area contributed by atoms with Crippen molar-refractivity contribution in [3.8, 4) is 0 Å². The van der Waals surface area contributed by atoms with Crippen molar-refractivity contribution in [2.45, 2.75) is 52.7 Å². The van der Waals surface area contributed by atoms with E-state index in [2.05, 4.69) is 38.0 Å². The first-order valence-corrected chi connectivity index (χ1v) is 9.57. The van der Waals surface area contributed by atoms with Crippen molar-refractivity contribution < 1.29 is 9.53 Å². The summed E-state index contributed by atoms with van der Waals surface area (Å²) in [5.41, 5.74) is 2.20. The number of aryl methyl sites for hydroxylation is 1. The van der Waals surface area contributed by atoms with E-state index in [4.69, 9.17) is 4.74 Å². The number of benzene rings is 2. The normalized spacial score (nSPS) is 11.6. The number of ether oxygens (including phenoxy) is 1. The average Bonchev–Trinajstić information content (AvgIpc) is 2.68. The van der Waals surface area contributed by atoms with Crippen LogP contribution in [0.4, 0.5) is 0 Å². The smallest absolute Gasteiger partial charge is 0.359 e. The number of rotatable bonds is 5. The maximum Gasteiger partial charge on any atom is 0.359 e. The Hall–Kier alpha value is -2.95. The Kier molecular flexibility index (Phi) is 5.63. The van der Waals surface area contributed by atoms with Crippen molar-refractivity contribution in [3.05, 3.63) is 75.7 Å². The largest absolute Gasteiger partial charge is 0.456 e. The van der Waals surface area contributed by atoms with Crippen LogP contribution in [0.5, 0.6) is 0 Å². The first kappa shape index (κ1) is 19.8. The topological polar surface area (TPSA) is 61.2 Å². The SMILES string of the molecule is CCCn1nc(C(=O)OCc2ccc(C(C)(C)C)cc2)c2ccccc2c1=O. The minimum Gasteiger partial charge on any atom is -0.456 e. The molecule has 146 valence electrons. The fraction of sp³-hybridized carbons (Fsp3) is 0.348. The molecular formula is C23H26N2O3. The second kappa shape index (κ2) is 7.97. The van der Waals surface area contributed by atoms with Crippen LogP contribution in [0, 0.1) is 0 Å². The molecule has 0 unspecified atom stereocenters. The van der Waals surface area contributed by atoms with Gasteiger partial charge in [-0.05, 0) is 29.0 Å². The van der Waals surface area contributed by atoms with Crippen LogP contribution in [0.3, 0.4) is 0 Å². The first-order chi connectivity index (χ1) is 13.3. The van der Waals surface area contributed by atoms with Crippen molar-refractivity contribution in [1.82, 2.24) is 9.78 Å². The Morgan fingerprint density at radius 2 is 1.68 bits per heavy atom. The summed E-state index contributed by atoms with van der Waals surface area (Å²) in [5.74, 6) is -0.527. The molecule has 0 N–H and O–H groups in total. The molecular weight excluding hydrogens is 352 g/mol. The van der Waals surface area contributed by atoms with Gasteiger partial charge in [0, 0.05) is 11.9 Å². The lowest BCUT2D eigenvalue weighted by Crippen LogP contribution is -2.26. The summed E-state index contributed by atoms with van der Waals surface area (Å²) in [7, 11) is 0. The van der Waals surface area contributed by atoms with E-state index in [-0.39, 0.29) is 23.3 Å². The number of carbonyl (C=O) groups is 1. The molecule has 0 bridgehead atoms. The van der Waals surface area contributed by atoms with Crippen molar-refractivity contribution in [2.75, 3.05) is 0 Å². The fourth-order valence-electron chi connectivity index (χ4n) is 3.07. The summed E-state index contributed by atoms with van der Waals surface area (Å²) >= 11 is 0. The highest BCUT2D eigenvalue weighted by Gasteiger charge is 2.18. The van der Waals surface area contributed by atoms with Gasteiger partial charge in [-0.1, -0.05) is 70.2 Å². The van der Waals surface area contributed by atoms with Gasteiger partial charge in [0.15, 0.2) is 5.69 Å². The maximum absolute atomic E-state index is 12.7. The molecule has 0 spiro atoms. The second-order valence-electron chi connectivity index (χ2n) is 7.95. The minimum atomic E-state index is -0.527. The molecule has 28 heavy (non-hydrogen) atoms. The molecule has 5 heteroatoms. The lowest BCUT2D eigenvalue weighted by Gasteiger charge is -2.19. The summed E-state index contributed by atoms with van der Waals surface area (Å²) < 4.78 is 6.85. The minimum absolute atomic E-state index is 0.0744. The maximum atomic E-state index is 12.7. The molecule has 0 aliphatic rings. The lowest BCUT2D eigenvalue weighted by molar-refractivity contribution is 0.0465. The van der Waals surface area contributed by atoms with E-state index in [0.29, 0.717) is 17.3 Å². The molecule has 0 atom stereocenters. The van der Waals surface area contributed by atoms with E-state index in [1.165, 1.54) is 10.2 Å². The fourth-order valence-corrected chi connectivity index (χ4v) is 3.07. The molecule has 0 saturated heterocycles. The van der Waals surface area contributed by atoms with Crippen molar-refractivity contribution in [2.24, 2.45) is 0 Å². The Morgan fingerprint density at radius 1 is 1.04 bits per heavy atom. The molecule has 0 aliphatic heterocycles. The lowest BCUT2D eigenvalue weighted by atomic mass is 9.87. The van der Waals surface area contributed by atoms with Crippen LogP contribution in [0.25, 0.3) is 10.8 Å². The Balaban J connectivity index is 1.85. The summed E-state index contributed by atoms with van der Waals surface area (Å²) in [6, 6.07) is 15.1. The molecule has 5 nitrogen and oxygen atoms in total. The molecule has 0 saturated carbocycles. The zero-order valence-electron chi connectivity index (χ0n) is 16.9. The van der Waals surface area contributed by atoms with E-state index in [9.17, 15) is 9.59 Å². The number of hydrogen-bond acceptors (Lipinski definition) is 4. The first-order valence-electron chi connectivity index (χ1n) is 9.57. The second-order valence-corrected chi connectivity index (χ2v) is 7.95. The van der Waals surface area contributed by atoms with Crippen LogP contribution in [-0.4, -0.2) is 15.7 Å². The van der Waals surface area contributed by atoms with Crippen LogP contribution >= 0.6 is 0 Å². The van der Waals surface area contributed by atoms with Gasteiger partial charge in [0.2, 0.25) is 0 Å². The van der Waals surface area contributed by atoms with Gasteiger partial charge in [0.1, 0.15) is 6.61 Å². The van der Waals surface area contributed by atoms with Crippen LogP contribution in [0.15, 0.2) is 53.3 Å². The van der Waals surface area contributed by atoms with Gasteiger partial charge in [-0.25, -0.2) is 9.48 Å². The Labute approximate surface area is 165 Å². The number of esters is 1. The van der Waals surface area contributed by atoms with E-state index in [1.807, 2.05) is 19.1 Å². The number of aromatic nitrogens is 2. The molecule has 3 aromatic rings. The van der Waals surface area contributed by atoms with E-state index in [1.54, 1.807) is 24.3 Å². The quantitative estimate of drug-likeness (QED) is 0.615. The highest BCUT2D eigenvalue weighted by Crippen LogP contribution is 2.22. The van der Waals surface area contributed by atoms with Gasteiger partial charge in [-0.3, -0.25) is 4.79 Å². The summed E-state index contributed by atoms with van der Waals surface area (Å²) in [5, 5.41) is 5.28. The van der Waals surface area contributed by atoms with Gasteiger partial charge < -0.3 is 4.74 Å². The van der Waals surface area contributed by atoms with Gasteiger partial charge in [-0.15, -0.1) is 0 Å². The third-order valence-electron chi connectivity index (χ3n) is 4.69.